The summed E-state index contributed by atoms with van der Waals surface area (Å²) >= 11 is 16.6. The number of rotatable bonds is 6. The fourth-order valence-corrected chi connectivity index (χ4v) is 4.33. The summed E-state index contributed by atoms with van der Waals surface area (Å²) in [6.45, 7) is 0.659. The standard InChI is InChI=1S/C20H14Br3ClFNO/c21-14-7-13(10-26-15-5-6-16(22)18(24)9-15)20(17(23)8-14)27-11-12-3-1-2-4-19(12)25/h1-9,26H,10-11H2. The molecule has 0 radical (unpaired) electrons. The topological polar surface area (TPSA) is 21.3 Å². The molecule has 0 saturated carbocycles. The molecule has 27 heavy (non-hydrogen) atoms. The van der Waals surface area contributed by atoms with Gasteiger partial charge in [-0.2, -0.15) is 0 Å². The molecule has 3 aromatic rings. The molecular formula is C20H14Br3ClFNO. The van der Waals surface area contributed by atoms with Gasteiger partial charge in [-0.05, 0) is 68.3 Å². The van der Waals surface area contributed by atoms with Gasteiger partial charge in [-0.25, -0.2) is 4.39 Å². The summed E-state index contributed by atoms with van der Waals surface area (Å²) in [6, 6.07) is 16.1. The first kappa shape index (κ1) is 20.6. The number of benzene rings is 3. The highest BCUT2D eigenvalue weighted by Crippen LogP contribution is 2.34. The van der Waals surface area contributed by atoms with E-state index in [0.29, 0.717) is 22.9 Å². The van der Waals surface area contributed by atoms with Crippen molar-refractivity contribution in [3.63, 3.8) is 0 Å². The summed E-state index contributed by atoms with van der Waals surface area (Å²) in [6.07, 6.45) is 0. The Labute approximate surface area is 187 Å². The van der Waals surface area contributed by atoms with Gasteiger partial charge in [0.1, 0.15) is 18.2 Å². The van der Waals surface area contributed by atoms with Crippen LogP contribution in [-0.4, -0.2) is 0 Å². The third kappa shape index (κ3) is 5.47. The van der Waals surface area contributed by atoms with Crippen LogP contribution in [0.1, 0.15) is 11.1 Å². The van der Waals surface area contributed by atoms with Gasteiger partial charge in [0.15, 0.2) is 0 Å². The summed E-state index contributed by atoms with van der Waals surface area (Å²) in [5.74, 6) is 0.382. The molecule has 0 amide bonds. The highest BCUT2D eigenvalue weighted by Gasteiger charge is 2.12. The van der Waals surface area contributed by atoms with Gasteiger partial charge in [-0.15, -0.1) is 0 Å². The number of ether oxygens (including phenoxy) is 1. The molecule has 0 unspecified atom stereocenters. The lowest BCUT2D eigenvalue weighted by Gasteiger charge is -2.16. The van der Waals surface area contributed by atoms with Crippen LogP contribution in [0, 0.1) is 5.82 Å². The molecule has 3 aromatic carbocycles. The second-order valence-corrected chi connectivity index (χ2v) is 8.77. The molecule has 0 aliphatic heterocycles. The van der Waals surface area contributed by atoms with E-state index in [1.807, 2.05) is 30.3 Å². The van der Waals surface area contributed by atoms with E-state index >= 15 is 0 Å². The minimum absolute atomic E-state index is 0.143. The predicted molar refractivity (Wildman–Crippen MR) is 119 cm³/mol. The maximum absolute atomic E-state index is 13.9. The number of hydrogen-bond donors (Lipinski definition) is 1. The van der Waals surface area contributed by atoms with Gasteiger partial charge in [-0.3, -0.25) is 0 Å². The monoisotopic (exact) mass is 575 g/mol. The van der Waals surface area contributed by atoms with Gasteiger partial charge in [0.05, 0.1) is 9.50 Å². The maximum Gasteiger partial charge on any atom is 0.139 e. The van der Waals surface area contributed by atoms with Crippen molar-refractivity contribution in [2.75, 3.05) is 5.32 Å². The molecule has 0 bridgehead atoms. The Bertz CT molecular complexity index is 968. The van der Waals surface area contributed by atoms with Crippen LogP contribution >= 0.6 is 59.4 Å². The molecule has 0 aliphatic carbocycles. The normalized spacial score (nSPS) is 10.7. The summed E-state index contributed by atoms with van der Waals surface area (Å²) in [7, 11) is 0. The van der Waals surface area contributed by atoms with E-state index in [0.717, 1.165) is 24.7 Å². The highest BCUT2D eigenvalue weighted by molar-refractivity contribution is 9.11. The molecule has 7 heteroatoms. The van der Waals surface area contributed by atoms with Crippen molar-refractivity contribution in [3.8, 4) is 5.75 Å². The van der Waals surface area contributed by atoms with Crippen LogP contribution < -0.4 is 10.1 Å². The number of hydrogen-bond acceptors (Lipinski definition) is 2. The third-order valence-corrected chi connectivity index (χ3v) is 6.10. The van der Waals surface area contributed by atoms with E-state index in [4.69, 9.17) is 16.3 Å². The van der Waals surface area contributed by atoms with E-state index < -0.39 is 0 Å². The quantitative estimate of drug-likeness (QED) is 0.321. The van der Waals surface area contributed by atoms with Crippen molar-refractivity contribution >= 4 is 65.1 Å². The number of anilines is 1. The van der Waals surface area contributed by atoms with Crippen LogP contribution in [0.5, 0.6) is 5.75 Å². The average Bonchev–Trinajstić information content (AvgIpc) is 2.63. The SMILES string of the molecule is Fc1ccccc1COc1c(Br)cc(Br)cc1CNc1ccc(Br)c(Cl)c1. The van der Waals surface area contributed by atoms with Crippen LogP contribution in [0.25, 0.3) is 0 Å². The molecule has 140 valence electrons. The largest absolute Gasteiger partial charge is 0.487 e. The zero-order chi connectivity index (χ0) is 19.4. The third-order valence-electron chi connectivity index (χ3n) is 3.82. The minimum atomic E-state index is -0.282. The molecule has 0 aromatic heterocycles. The molecule has 0 heterocycles. The average molecular weight is 579 g/mol. The van der Waals surface area contributed by atoms with Crippen molar-refractivity contribution < 1.29 is 9.13 Å². The Morgan fingerprint density at radius 3 is 2.44 bits per heavy atom. The fourth-order valence-electron chi connectivity index (χ4n) is 2.48. The van der Waals surface area contributed by atoms with Crippen molar-refractivity contribution in [2.45, 2.75) is 13.2 Å². The molecule has 0 fully saturated rings. The Balaban J connectivity index is 1.79. The Kier molecular flexibility index (Phi) is 7.20. The zero-order valence-electron chi connectivity index (χ0n) is 13.9. The molecule has 1 N–H and O–H groups in total. The van der Waals surface area contributed by atoms with Gasteiger partial charge in [0.2, 0.25) is 0 Å². The number of halogens is 5. The summed E-state index contributed by atoms with van der Waals surface area (Å²) in [4.78, 5) is 0. The lowest BCUT2D eigenvalue weighted by Crippen LogP contribution is -2.05. The van der Waals surface area contributed by atoms with E-state index in [9.17, 15) is 4.39 Å². The molecule has 0 aliphatic rings. The molecule has 2 nitrogen and oxygen atoms in total. The van der Waals surface area contributed by atoms with Crippen molar-refractivity contribution in [1.29, 1.82) is 0 Å². The van der Waals surface area contributed by atoms with E-state index in [-0.39, 0.29) is 12.4 Å². The van der Waals surface area contributed by atoms with E-state index in [2.05, 4.69) is 53.1 Å². The predicted octanol–water partition coefficient (Wildman–Crippen LogP) is 7.96. The van der Waals surface area contributed by atoms with Gasteiger partial charge in [-0.1, -0.05) is 45.7 Å². The first-order valence-electron chi connectivity index (χ1n) is 7.97. The fraction of sp³-hybridized carbons (Fsp3) is 0.100. The van der Waals surface area contributed by atoms with Gasteiger partial charge >= 0.3 is 0 Å². The lowest BCUT2D eigenvalue weighted by molar-refractivity contribution is 0.295. The lowest BCUT2D eigenvalue weighted by atomic mass is 10.2. The van der Waals surface area contributed by atoms with Gasteiger partial charge in [0, 0.05) is 32.3 Å². The Hall–Kier alpha value is -1.08. The van der Waals surface area contributed by atoms with Crippen LogP contribution in [0.3, 0.4) is 0 Å². The van der Waals surface area contributed by atoms with Crippen LogP contribution in [0.4, 0.5) is 10.1 Å². The summed E-state index contributed by atoms with van der Waals surface area (Å²) in [5.41, 5.74) is 2.32. The van der Waals surface area contributed by atoms with Crippen molar-refractivity contribution in [3.05, 3.63) is 90.0 Å². The first-order chi connectivity index (χ1) is 12.9. The second kappa shape index (κ2) is 9.41. The molecular weight excluding hydrogens is 564 g/mol. The minimum Gasteiger partial charge on any atom is -0.487 e. The smallest absolute Gasteiger partial charge is 0.139 e. The van der Waals surface area contributed by atoms with Crippen LogP contribution in [-0.2, 0) is 13.2 Å². The summed E-state index contributed by atoms with van der Waals surface area (Å²) in [5, 5.41) is 3.96. The Morgan fingerprint density at radius 1 is 0.926 bits per heavy atom. The van der Waals surface area contributed by atoms with Crippen molar-refractivity contribution in [2.24, 2.45) is 0 Å². The maximum atomic E-state index is 13.9. The van der Waals surface area contributed by atoms with Gasteiger partial charge < -0.3 is 10.1 Å². The van der Waals surface area contributed by atoms with E-state index in [1.165, 1.54) is 6.07 Å². The summed E-state index contributed by atoms with van der Waals surface area (Å²) < 4.78 is 22.4. The second-order valence-electron chi connectivity index (χ2n) is 5.74. The van der Waals surface area contributed by atoms with Crippen LogP contribution in [0.15, 0.2) is 68.0 Å². The molecule has 0 spiro atoms. The first-order valence-corrected chi connectivity index (χ1v) is 10.7. The van der Waals surface area contributed by atoms with Crippen molar-refractivity contribution in [1.82, 2.24) is 0 Å². The number of nitrogens with one attached hydrogen (secondary N) is 1. The van der Waals surface area contributed by atoms with Gasteiger partial charge in [0.25, 0.3) is 0 Å². The zero-order valence-corrected chi connectivity index (χ0v) is 19.4. The molecule has 0 atom stereocenters. The Morgan fingerprint density at radius 2 is 1.70 bits per heavy atom. The van der Waals surface area contributed by atoms with Crippen LogP contribution in [0.2, 0.25) is 5.02 Å². The molecule has 3 rings (SSSR count). The highest BCUT2D eigenvalue weighted by atomic mass is 79.9. The van der Waals surface area contributed by atoms with E-state index in [1.54, 1.807) is 18.2 Å². The molecule has 0 saturated heterocycles.